The lowest BCUT2D eigenvalue weighted by Gasteiger charge is -2.25. The van der Waals surface area contributed by atoms with Gasteiger partial charge >= 0.3 is 6.18 Å². The van der Waals surface area contributed by atoms with Gasteiger partial charge in [0.25, 0.3) is 0 Å². The molecule has 0 unspecified atom stereocenters. The minimum absolute atomic E-state index is 0.158. The summed E-state index contributed by atoms with van der Waals surface area (Å²) < 4.78 is 40.7. The van der Waals surface area contributed by atoms with E-state index in [1.165, 1.54) is 12.6 Å². The fourth-order valence-electron chi connectivity index (χ4n) is 3.22. The Labute approximate surface area is 131 Å². The molecule has 0 aromatic carbocycles. The lowest BCUT2D eigenvalue weighted by atomic mass is 9.95. The Balaban J connectivity index is 1.82. The largest absolute Gasteiger partial charge is 0.451 e. The number of nitrogens with one attached hydrogen (secondary N) is 1. The van der Waals surface area contributed by atoms with Crippen LogP contribution < -0.4 is 5.32 Å². The van der Waals surface area contributed by atoms with Crippen molar-refractivity contribution in [3.8, 4) is 0 Å². The van der Waals surface area contributed by atoms with E-state index in [9.17, 15) is 13.2 Å². The molecule has 2 aromatic heterocycles. The van der Waals surface area contributed by atoms with Crippen molar-refractivity contribution >= 4 is 17.1 Å². The van der Waals surface area contributed by atoms with E-state index in [0.717, 1.165) is 38.5 Å². The molecule has 2 aromatic rings. The van der Waals surface area contributed by atoms with Gasteiger partial charge in [-0.25, -0.2) is 15.0 Å². The number of anilines is 1. The number of alkyl halides is 3. The average Bonchev–Trinajstić information content (AvgIpc) is 3.25. The predicted octanol–water partition coefficient (Wildman–Crippen LogP) is 3.92. The number of hydrogen-bond donors (Lipinski definition) is 1. The third-order valence-electron chi connectivity index (χ3n) is 4.54. The highest BCUT2D eigenvalue weighted by Crippen LogP contribution is 2.36. The molecule has 0 amide bonds. The summed E-state index contributed by atoms with van der Waals surface area (Å²) in [6.45, 7) is 0. The lowest BCUT2D eigenvalue weighted by Crippen LogP contribution is -2.18. The molecule has 0 aliphatic heterocycles. The molecule has 2 aliphatic carbocycles. The molecule has 2 fully saturated rings. The van der Waals surface area contributed by atoms with E-state index in [0.29, 0.717) is 23.2 Å². The van der Waals surface area contributed by atoms with E-state index in [-0.39, 0.29) is 6.04 Å². The molecule has 2 aliphatic rings. The number of nitrogens with zero attached hydrogens (tertiary/aromatic N) is 4. The Bertz CT molecular complexity index is 714. The van der Waals surface area contributed by atoms with Crippen LogP contribution >= 0.6 is 0 Å². The van der Waals surface area contributed by atoms with E-state index in [1.807, 2.05) is 4.57 Å². The molecular weight excluding hydrogens is 307 g/mol. The molecule has 2 saturated carbocycles. The first-order valence-corrected chi connectivity index (χ1v) is 8.11. The number of halogens is 3. The van der Waals surface area contributed by atoms with Crippen molar-refractivity contribution in [2.75, 3.05) is 5.32 Å². The minimum atomic E-state index is -4.54. The normalized spacial score (nSPS) is 20.1. The fourth-order valence-corrected chi connectivity index (χ4v) is 3.22. The average molecular weight is 325 g/mol. The quantitative estimate of drug-likeness (QED) is 0.929. The van der Waals surface area contributed by atoms with E-state index in [2.05, 4.69) is 20.3 Å². The van der Waals surface area contributed by atoms with Crippen molar-refractivity contribution in [1.82, 2.24) is 19.5 Å². The summed E-state index contributed by atoms with van der Waals surface area (Å²) in [6.07, 6.45) is 4.06. The molecule has 8 heteroatoms. The van der Waals surface area contributed by atoms with Gasteiger partial charge in [-0.3, -0.25) is 4.57 Å². The molecule has 0 saturated heterocycles. The van der Waals surface area contributed by atoms with Gasteiger partial charge in [-0.05, 0) is 25.7 Å². The van der Waals surface area contributed by atoms with Gasteiger partial charge in [0.1, 0.15) is 5.52 Å². The Morgan fingerprint density at radius 2 is 1.78 bits per heavy atom. The second-order valence-corrected chi connectivity index (χ2v) is 6.42. The molecule has 2 heterocycles. The first-order chi connectivity index (χ1) is 11.0. The monoisotopic (exact) mass is 325 g/mol. The van der Waals surface area contributed by atoms with Gasteiger partial charge in [0, 0.05) is 12.1 Å². The summed E-state index contributed by atoms with van der Waals surface area (Å²) >= 11 is 0. The molecule has 23 heavy (non-hydrogen) atoms. The second kappa shape index (κ2) is 5.35. The van der Waals surface area contributed by atoms with Crippen molar-refractivity contribution in [2.24, 2.45) is 0 Å². The van der Waals surface area contributed by atoms with Crippen LogP contribution in [0.5, 0.6) is 0 Å². The van der Waals surface area contributed by atoms with Crippen LogP contribution in [0.2, 0.25) is 0 Å². The zero-order chi connectivity index (χ0) is 16.0. The maximum atomic E-state index is 12.9. The van der Waals surface area contributed by atoms with Gasteiger partial charge < -0.3 is 5.32 Å². The van der Waals surface area contributed by atoms with E-state index in [4.69, 9.17) is 0 Å². The summed E-state index contributed by atoms with van der Waals surface area (Å²) in [6, 6.07) is 0.537. The van der Waals surface area contributed by atoms with Crippen LogP contribution in [0.4, 0.5) is 19.1 Å². The lowest BCUT2D eigenvalue weighted by molar-refractivity contribution is -0.144. The summed E-state index contributed by atoms with van der Waals surface area (Å²) in [5, 5.41) is 3.33. The molecule has 1 N–H and O–H groups in total. The van der Waals surface area contributed by atoms with E-state index >= 15 is 0 Å². The van der Waals surface area contributed by atoms with Gasteiger partial charge in [-0.2, -0.15) is 13.2 Å². The molecular formula is C15H18F3N5. The van der Waals surface area contributed by atoms with Crippen molar-refractivity contribution in [2.45, 2.75) is 63.2 Å². The smallest absolute Gasteiger partial charge is 0.353 e. The predicted molar refractivity (Wildman–Crippen MR) is 79.1 cm³/mol. The Morgan fingerprint density at radius 1 is 1.04 bits per heavy atom. The highest BCUT2D eigenvalue weighted by Gasteiger charge is 2.36. The number of imidazole rings is 1. The second-order valence-electron chi connectivity index (χ2n) is 6.42. The SMILES string of the molecule is FC(F)(F)c1ncc2nc(NC3CC3)n(C3CCCCC3)c2n1. The van der Waals surface area contributed by atoms with E-state index in [1.54, 1.807) is 0 Å². The molecule has 124 valence electrons. The van der Waals surface area contributed by atoms with Crippen molar-refractivity contribution in [3.05, 3.63) is 12.0 Å². The zero-order valence-corrected chi connectivity index (χ0v) is 12.6. The molecule has 0 bridgehead atoms. The van der Waals surface area contributed by atoms with Gasteiger partial charge in [0.05, 0.1) is 6.20 Å². The van der Waals surface area contributed by atoms with Crippen LogP contribution in [0.1, 0.15) is 56.8 Å². The van der Waals surface area contributed by atoms with Crippen LogP contribution in [0.3, 0.4) is 0 Å². The number of fused-ring (bicyclic) bond motifs is 1. The van der Waals surface area contributed by atoms with Crippen LogP contribution in [-0.4, -0.2) is 25.6 Å². The molecule has 0 atom stereocenters. The highest BCUT2D eigenvalue weighted by atomic mass is 19.4. The molecule has 5 nitrogen and oxygen atoms in total. The summed E-state index contributed by atoms with van der Waals surface area (Å²) in [7, 11) is 0. The summed E-state index contributed by atoms with van der Waals surface area (Å²) in [4.78, 5) is 11.7. The van der Waals surface area contributed by atoms with Gasteiger partial charge in [0.15, 0.2) is 5.65 Å². The first kappa shape index (κ1) is 14.7. The van der Waals surface area contributed by atoms with Crippen molar-refractivity contribution < 1.29 is 13.2 Å². The van der Waals surface area contributed by atoms with E-state index < -0.39 is 12.0 Å². The Morgan fingerprint density at radius 3 is 2.43 bits per heavy atom. The molecule has 0 spiro atoms. The van der Waals surface area contributed by atoms with Crippen LogP contribution in [0, 0.1) is 0 Å². The van der Waals surface area contributed by atoms with Gasteiger partial charge in [-0.15, -0.1) is 0 Å². The zero-order valence-electron chi connectivity index (χ0n) is 12.6. The van der Waals surface area contributed by atoms with Gasteiger partial charge in [-0.1, -0.05) is 19.3 Å². The van der Waals surface area contributed by atoms with Crippen LogP contribution in [0.15, 0.2) is 6.20 Å². The summed E-state index contributed by atoms with van der Waals surface area (Å²) in [5.74, 6) is -0.456. The Hall–Kier alpha value is -1.86. The first-order valence-electron chi connectivity index (χ1n) is 8.11. The van der Waals surface area contributed by atoms with Crippen LogP contribution in [-0.2, 0) is 6.18 Å². The van der Waals surface area contributed by atoms with Crippen LogP contribution in [0.25, 0.3) is 11.2 Å². The third-order valence-corrected chi connectivity index (χ3v) is 4.54. The fraction of sp³-hybridized carbons (Fsp3) is 0.667. The highest BCUT2D eigenvalue weighted by molar-refractivity contribution is 5.74. The number of aromatic nitrogens is 4. The maximum Gasteiger partial charge on any atom is 0.451 e. The standard InChI is InChI=1S/C15H18F3N5/c16-15(17,18)13-19-8-11-12(22-13)23(10-4-2-1-3-5-10)14(21-11)20-9-6-7-9/h8-10H,1-7H2,(H,20,21). The number of rotatable bonds is 3. The van der Waals surface area contributed by atoms with Gasteiger partial charge in [0.2, 0.25) is 11.8 Å². The van der Waals surface area contributed by atoms with Crippen molar-refractivity contribution in [3.63, 3.8) is 0 Å². The molecule has 0 radical (unpaired) electrons. The molecule has 4 rings (SSSR count). The Kier molecular flexibility index (Phi) is 3.42. The topological polar surface area (TPSA) is 55.6 Å². The maximum absolute atomic E-state index is 12.9. The minimum Gasteiger partial charge on any atom is -0.353 e. The van der Waals surface area contributed by atoms with Crippen molar-refractivity contribution in [1.29, 1.82) is 0 Å². The third kappa shape index (κ3) is 2.86. The summed E-state index contributed by atoms with van der Waals surface area (Å²) in [5.41, 5.74) is 0.717. The number of hydrogen-bond acceptors (Lipinski definition) is 4.